The van der Waals surface area contributed by atoms with Gasteiger partial charge >= 0.3 is 0 Å². The van der Waals surface area contributed by atoms with E-state index in [1.54, 1.807) is 0 Å². The van der Waals surface area contributed by atoms with E-state index in [0.717, 1.165) is 6.07 Å². The van der Waals surface area contributed by atoms with Crippen molar-refractivity contribution in [3.63, 3.8) is 0 Å². The first-order chi connectivity index (χ1) is 5.82. The zero-order chi connectivity index (χ0) is 10.2. The fourth-order valence-corrected chi connectivity index (χ4v) is 2.88. The van der Waals surface area contributed by atoms with Gasteiger partial charge in [0.2, 0.25) is 0 Å². The molecule has 0 aromatic heterocycles. The van der Waals surface area contributed by atoms with Crippen molar-refractivity contribution in [3.05, 3.63) is 21.1 Å². The zero-order valence-electron chi connectivity index (χ0n) is 6.03. The van der Waals surface area contributed by atoms with Gasteiger partial charge in [-0.25, -0.2) is 0 Å². The Hall–Kier alpha value is -0.110. The molecule has 0 fully saturated rings. The summed E-state index contributed by atoms with van der Waals surface area (Å²) in [5.41, 5.74) is 0. The van der Waals surface area contributed by atoms with E-state index in [0.29, 0.717) is 4.47 Å². The number of benzene rings is 1. The number of aromatic hydroxyl groups is 1. The van der Waals surface area contributed by atoms with Crippen molar-refractivity contribution in [2.24, 2.45) is 0 Å². The van der Waals surface area contributed by atoms with Gasteiger partial charge in [-0.15, -0.1) is 0 Å². The van der Waals surface area contributed by atoms with E-state index in [-0.39, 0.29) is 4.47 Å². The fourth-order valence-electron chi connectivity index (χ4n) is 0.739. The first kappa shape index (κ1) is 11.0. The molecule has 0 heterocycles. The Labute approximate surface area is 91.6 Å². The molecule has 1 aromatic rings. The topological polar surface area (TPSA) is 74.6 Å². The average molecular weight is 332 g/mol. The summed E-state index contributed by atoms with van der Waals surface area (Å²) >= 11 is 5.96. The number of phenolic OH excluding ortho intramolecular Hbond substituents is 1. The monoisotopic (exact) mass is 330 g/mol. The maximum atomic E-state index is 10.7. The maximum Gasteiger partial charge on any atom is 0.298 e. The minimum Gasteiger partial charge on any atom is -0.505 e. The highest BCUT2D eigenvalue weighted by Crippen LogP contribution is 2.34. The molecule has 0 unspecified atom stereocenters. The van der Waals surface area contributed by atoms with E-state index in [9.17, 15) is 13.5 Å². The smallest absolute Gasteiger partial charge is 0.298 e. The molecule has 1 aromatic carbocycles. The van der Waals surface area contributed by atoms with E-state index < -0.39 is 20.8 Å². The number of rotatable bonds is 1. The first-order valence-corrected chi connectivity index (χ1v) is 6.00. The Bertz CT molecular complexity index is 440. The van der Waals surface area contributed by atoms with Crippen LogP contribution in [0.5, 0.6) is 5.75 Å². The molecular formula is C6H4Br2O4S. The molecule has 72 valence electrons. The van der Waals surface area contributed by atoms with Crippen LogP contribution in [-0.4, -0.2) is 18.1 Å². The van der Waals surface area contributed by atoms with Crippen molar-refractivity contribution in [3.8, 4) is 5.75 Å². The van der Waals surface area contributed by atoms with Crippen molar-refractivity contribution in [1.82, 2.24) is 0 Å². The molecule has 0 saturated carbocycles. The van der Waals surface area contributed by atoms with E-state index in [2.05, 4.69) is 31.9 Å². The Morgan fingerprint density at radius 2 is 1.77 bits per heavy atom. The standard InChI is InChI=1S/C6H4Br2O4S/c7-3-1-4(8)6(9)5(2-3)13(10,11)12/h1-2,9H,(H,10,11,12). The van der Waals surface area contributed by atoms with Gasteiger partial charge in [0, 0.05) is 4.47 Å². The van der Waals surface area contributed by atoms with Gasteiger partial charge in [-0.2, -0.15) is 8.42 Å². The van der Waals surface area contributed by atoms with Crippen LogP contribution in [0.2, 0.25) is 0 Å². The summed E-state index contributed by atoms with van der Waals surface area (Å²) in [5.74, 6) is -0.509. The molecule has 0 saturated heterocycles. The molecule has 0 spiro atoms. The average Bonchev–Trinajstić information content (AvgIpc) is 1.94. The Balaban J connectivity index is 3.56. The Morgan fingerprint density at radius 1 is 1.23 bits per heavy atom. The van der Waals surface area contributed by atoms with Gasteiger partial charge < -0.3 is 5.11 Å². The SMILES string of the molecule is O=S(=O)(O)c1cc(Br)cc(Br)c1O. The summed E-state index contributed by atoms with van der Waals surface area (Å²) in [5, 5.41) is 9.25. The summed E-state index contributed by atoms with van der Waals surface area (Å²) in [7, 11) is -4.39. The van der Waals surface area contributed by atoms with E-state index >= 15 is 0 Å². The lowest BCUT2D eigenvalue weighted by atomic mass is 10.3. The fraction of sp³-hybridized carbons (Fsp3) is 0. The number of halogens is 2. The second-order valence-electron chi connectivity index (χ2n) is 2.21. The van der Waals surface area contributed by atoms with Gasteiger partial charge in [0.15, 0.2) is 5.75 Å². The molecule has 0 aliphatic carbocycles. The van der Waals surface area contributed by atoms with Crippen LogP contribution >= 0.6 is 31.9 Å². The second-order valence-corrected chi connectivity index (χ2v) is 5.37. The lowest BCUT2D eigenvalue weighted by Gasteiger charge is -2.03. The van der Waals surface area contributed by atoms with Crippen LogP contribution in [0.3, 0.4) is 0 Å². The third kappa shape index (κ3) is 2.43. The Morgan fingerprint density at radius 3 is 2.23 bits per heavy atom. The third-order valence-corrected chi connectivity index (χ3v) is 3.20. The highest BCUT2D eigenvalue weighted by atomic mass is 79.9. The quantitative estimate of drug-likeness (QED) is 0.773. The van der Waals surface area contributed by atoms with Crippen LogP contribution < -0.4 is 0 Å². The minimum absolute atomic E-state index is 0.189. The van der Waals surface area contributed by atoms with Crippen LogP contribution in [0.1, 0.15) is 0 Å². The molecule has 2 N–H and O–H groups in total. The van der Waals surface area contributed by atoms with Crippen LogP contribution in [0.25, 0.3) is 0 Å². The summed E-state index contributed by atoms with van der Waals surface area (Å²) in [6.45, 7) is 0. The minimum atomic E-state index is -4.39. The lowest BCUT2D eigenvalue weighted by molar-refractivity contribution is 0.440. The number of hydrogen-bond acceptors (Lipinski definition) is 3. The maximum absolute atomic E-state index is 10.7. The van der Waals surface area contributed by atoms with Crippen molar-refractivity contribution in [2.75, 3.05) is 0 Å². The van der Waals surface area contributed by atoms with E-state index in [4.69, 9.17) is 4.55 Å². The van der Waals surface area contributed by atoms with Crippen molar-refractivity contribution >= 4 is 42.0 Å². The molecule has 0 atom stereocenters. The molecule has 0 radical (unpaired) electrons. The zero-order valence-corrected chi connectivity index (χ0v) is 10.0. The third-order valence-electron chi connectivity index (χ3n) is 1.27. The summed E-state index contributed by atoms with van der Waals surface area (Å²) in [4.78, 5) is -0.534. The van der Waals surface area contributed by atoms with Gasteiger partial charge in [0.25, 0.3) is 10.1 Å². The van der Waals surface area contributed by atoms with Gasteiger partial charge in [-0.05, 0) is 28.1 Å². The van der Waals surface area contributed by atoms with Crippen molar-refractivity contribution in [1.29, 1.82) is 0 Å². The van der Waals surface area contributed by atoms with Crippen LogP contribution in [-0.2, 0) is 10.1 Å². The lowest BCUT2D eigenvalue weighted by Crippen LogP contribution is -1.98. The van der Waals surface area contributed by atoms with Crippen LogP contribution in [0.4, 0.5) is 0 Å². The number of hydrogen-bond donors (Lipinski definition) is 2. The molecule has 0 aliphatic heterocycles. The molecule has 13 heavy (non-hydrogen) atoms. The van der Waals surface area contributed by atoms with Gasteiger partial charge in [-0.1, -0.05) is 15.9 Å². The number of phenols is 1. The largest absolute Gasteiger partial charge is 0.505 e. The van der Waals surface area contributed by atoms with Gasteiger partial charge in [0.05, 0.1) is 4.47 Å². The summed E-state index contributed by atoms with van der Waals surface area (Å²) in [6.07, 6.45) is 0. The molecule has 7 heteroatoms. The predicted molar refractivity (Wildman–Crippen MR) is 53.3 cm³/mol. The van der Waals surface area contributed by atoms with E-state index in [1.807, 2.05) is 0 Å². The predicted octanol–water partition coefficient (Wildman–Crippen LogP) is 2.16. The molecule has 0 amide bonds. The summed E-state index contributed by atoms with van der Waals surface area (Å²) in [6, 6.07) is 2.57. The normalized spacial score (nSPS) is 11.6. The summed E-state index contributed by atoms with van der Waals surface area (Å²) < 4.78 is 30.7. The molecule has 4 nitrogen and oxygen atoms in total. The second kappa shape index (κ2) is 3.56. The van der Waals surface area contributed by atoms with Gasteiger partial charge in [-0.3, -0.25) is 4.55 Å². The van der Waals surface area contributed by atoms with Crippen LogP contribution in [0, 0.1) is 0 Å². The molecule has 0 bridgehead atoms. The van der Waals surface area contributed by atoms with Crippen molar-refractivity contribution in [2.45, 2.75) is 4.90 Å². The van der Waals surface area contributed by atoms with Crippen LogP contribution in [0.15, 0.2) is 26.0 Å². The first-order valence-electron chi connectivity index (χ1n) is 2.98. The van der Waals surface area contributed by atoms with Gasteiger partial charge in [0.1, 0.15) is 4.90 Å². The van der Waals surface area contributed by atoms with Crippen molar-refractivity contribution < 1.29 is 18.1 Å². The highest BCUT2D eigenvalue weighted by molar-refractivity contribution is 9.11. The molecule has 1 rings (SSSR count). The highest BCUT2D eigenvalue weighted by Gasteiger charge is 2.18. The van der Waals surface area contributed by atoms with E-state index in [1.165, 1.54) is 6.07 Å². The molecular weight excluding hydrogens is 328 g/mol. The Kier molecular flexibility index (Phi) is 3.01. The molecule has 0 aliphatic rings.